The van der Waals surface area contributed by atoms with Gasteiger partial charge in [0, 0.05) is 11.5 Å². The normalized spacial score (nSPS) is 24.7. The molecule has 0 bridgehead atoms. The highest BCUT2D eigenvalue weighted by Gasteiger charge is 2.36. The van der Waals surface area contributed by atoms with Crippen molar-refractivity contribution in [2.24, 2.45) is 23.7 Å². The molecule has 1 aliphatic rings. The van der Waals surface area contributed by atoms with Crippen LogP contribution in [-0.4, -0.2) is 31.9 Å². The maximum absolute atomic E-state index is 12.4. The zero-order valence-electron chi connectivity index (χ0n) is 17.4. The summed E-state index contributed by atoms with van der Waals surface area (Å²) in [5.41, 5.74) is 1.27. The Labute approximate surface area is 166 Å². The monoisotopic (exact) mass is 399 g/mol. The molecular weight excluding hydrogens is 362 g/mol. The molecule has 27 heavy (non-hydrogen) atoms. The fourth-order valence-corrected chi connectivity index (χ4v) is 4.82. The zero-order chi connectivity index (χ0) is 20.7. The Kier molecular flexibility index (Phi) is 9.91. The van der Waals surface area contributed by atoms with Crippen LogP contribution in [0, 0.1) is 23.7 Å². The van der Waals surface area contributed by atoms with Gasteiger partial charge in [-0.15, -0.1) is 0 Å². The van der Waals surface area contributed by atoms with Crippen molar-refractivity contribution in [3.63, 3.8) is 0 Å². The lowest BCUT2D eigenvalue weighted by Gasteiger charge is -2.41. The number of carbonyl (C=O) groups is 1. The molecule has 0 aliphatic heterocycles. The second-order valence-corrected chi connectivity index (χ2v) is 9.85. The maximum atomic E-state index is 12.4. The Balaban J connectivity index is 2.46. The van der Waals surface area contributed by atoms with E-state index in [0.717, 1.165) is 31.3 Å². The zero-order valence-corrected chi connectivity index (χ0v) is 18.2. The summed E-state index contributed by atoms with van der Waals surface area (Å²) in [7, 11) is -1.46. The van der Waals surface area contributed by atoms with Crippen molar-refractivity contribution in [2.75, 3.05) is 0 Å². The van der Waals surface area contributed by atoms with E-state index in [1.54, 1.807) is 19.9 Å². The Morgan fingerprint density at radius 1 is 1.26 bits per heavy atom. The summed E-state index contributed by atoms with van der Waals surface area (Å²) in [6, 6.07) is 0. The predicted octanol–water partition coefficient (Wildman–Crippen LogP) is 3.46. The molecule has 1 saturated carbocycles. The molecule has 0 aromatic carbocycles. The number of carbonyl (C=O) groups excluding carboxylic acids is 1. The number of aliphatic hydroxyl groups is 2. The minimum Gasteiger partial charge on any atom is -0.368 e. The largest absolute Gasteiger partial charge is 0.368 e. The highest BCUT2D eigenvalue weighted by molar-refractivity contribution is 7.84. The molecule has 1 rings (SSSR count). The van der Waals surface area contributed by atoms with Gasteiger partial charge >= 0.3 is 0 Å². The van der Waals surface area contributed by atoms with Crippen molar-refractivity contribution < 1.29 is 19.2 Å². The van der Waals surface area contributed by atoms with Gasteiger partial charge in [-0.1, -0.05) is 44.9 Å². The van der Waals surface area contributed by atoms with Crippen LogP contribution in [0.15, 0.2) is 23.8 Å². The van der Waals surface area contributed by atoms with E-state index in [1.807, 2.05) is 13.8 Å². The van der Waals surface area contributed by atoms with Gasteiger partial charge in [0.15, 0.2) is 6.29 Å². The van der Waals surface area contributed by atoms with E-state index in [4.69, 9.17) is 0 Å². The lowest BCUT2D eigenvalue weighted by atomic mass is 9.66. The fourth-order valence-electron chi connectivity index (χ4n) is 3.73. The van der Waals surface area contributed by atoms with Gasteiger partial charge in [0.05, 0.1) is 5.25 Å². The quantitative estimate of drug-likeness (QED) is 0.282. The number of amides is 1. The van der Waals surface area contributed by atoms with Crippen LogP contribution < -0.4 is 4.72 Å². The van der Waals surface area contributed by atoms with Gasteiger partial charge in [-0.2, -0.15) is 0 Å². The summed E-state index contributed by atoms with van der Waals surface area (Å²) in [5.74, 6) is 0.710. The Hall–Kier alpha value is -0.980. The van der Waals surface area contributed by atoms with E-state index in [1.165, 1.54) is 6.42 Å². The number of nitrogens with one attached hydrogen (secondary N) is 1. The van der Waals surface area contributed by atoms with Crippen LogP contribution in [0.1, 0.15) is 66.7 Å². The van der Waals surface area contributed by atoms with Crippen LogP contribution in [0.5, 0.6) is 0 Å². The fraction of sp³-hybridized carbons (Fsp3) is 0.762. The van der Waals surface area contributed by atoms with Crippen molar-refractivity contribution in [1.29, 1.82) is 0 Å². The van der Waals surface area contributed by atoms with Crippen LogP contribution in [0.4, 0.5) is 0 Å². The van der Waals surface area contributed by atoms with Gasteiger partial charge < -0.3 is 10.2 Å². The lowest BCUT2D eigenvalue weighted by molar-refractivity contribution is -0.123. The van der Waals surface area contributed by atoms with Crippen molar-refractivity contribution in [2.45, 2.75) is 78.3 Å². The van der Waals surface area contributed by atoms with Crippen LogP contribution >= 0.6 is 0 Å². The summed E-state index contributed by atoms with van der Waals surface area (Å²) in [5, 5.41) is 19.2. The molecule has 0 heterocycles. The summed E-state index contributed by atoms with van der Waals surface area (Å²) < 4.78 is 15.0. The van der Waals surface area contributed by atoms with E-state index in [-0.39, 0.29) is 23.0 Å². The smallest absolute Gasteiger partial charge is 0.258 e. The first kappa shape index (κ1) is 24.1. The Bertz CT molecular complexity index is 573. The third kappa shape index (κ3) is 7.51. The molecule has 0 spiro atoms. The van der Waals surface area contributed by atoms with Crippen molar-refractivity contribution in [1.82, 2.24) is 4.72 Å². The van der Waals surface area contributed by atoms with Crippen LogP contribution in [0.3, 0.4) is 0 Å². The highest BCUT2D eigenvalue weighted by Crippen LogP contribution is 2.42. The third-order valence-corrected chi connectivity index (χ3v) is 7.50. The van der Waals surface area contributed by atoms with E-state index in [0.29, 0.717) is 17.4 Å². The summed E-state index contributed by atoms with van der Waals surface area (Å²) >= 11 is 0. The molecular formula is C21H37NO4S. The third-order valence-electron chi connectivity index (χ3n) is 5.97. The van der Waals surface area contributed by atoms with Crippen molar-refractivity contribution in [3.05, 3.63) is 23.8 Å². The number of aliphatic hydroxyl groups excluding tert-OH is 1. The molecule has 1 aliphatic carbocycles. The standard InChI is InChI=1S/C21H37NO4S/c1-13(2)12-16(5)20(23)22-27(26)17(6)14(3)8-7-9-19(21(24)25)18-11-10-15(18)4/h12,14-15,17-19,21,24-25H,1,7-11H2,2-6H3,(H,22,23)/b16-12+. The molecule has 0 radical (unpaired) electrons. The topological polar surface area (TPSA) is 86.6 Å². The van der Waals surface area contributed by atoms with Gasteiger partial charge in [-0.25, -0.2) is 4.21 Å². The number of rotatable bonds is 11. The molecule has 0 saturated heterocycles. The minimum atomic E-state index is -1.46. The molecule has 1 fully saturated rings. The predicted molar refractivity (Wildman–Crippen MR) is 111 cm³/mol. The summed E-state index contributed by atoms with van der Waals surface area (Å²) in [4.78, 5) is 12.1. The maximum Gasteiger partial charge on any atom is 0.258 e. The molecule has 5 nitrogen and oxygen atoms in total. The molecule has 6 heteroatoms. The molecule has 3 N–H and O–H groups in total. The average molecular weight is 400 g/mol. The van der Waals surface area contributed by atoms with E-state index >= 15 is 0 Å². The second kappa shape index (κ2) is 11.1. The second-order valence-electron chi connectivity index (χ2n) is 8.31. The molecule has 156 valence electrons. The van der Waals surface area contributed by atoms with E-state index < -0.39 is 17.3 Å². The first-order valence-electron chi connectivity index (χ1n) is 9.96. The number of allylic oxidation sites excluding steroid dienone is 2. The van der Waals surface area contributed by atoms with Gasteiger partial charge in [-0.3, -0.25) is 9.52 Å². The summed E-state index contributed by atoms with van der Waals surface area (Å²) in [6.07, 6.45) is 5.11. The highest BCUT2D eigenvalue weighted by atomic mass is 32.2. The van der Waals surface area contributed by atoms with Gasteiger partial charge in [-0.05, 0) is 57.8 Å². The average Bonchev–Trinajstić information content (AvgIpc) is 2.57. The lowest BCUT2D eigenvalue weighted by Crippen LogP contribution is -2.37. The van der Waals surface area contributed by atoms with Crippen LogP contribution in [0.25, 0.3) is 0 Å². The number of hydrogen-bond acceptors (Lipinski definition) is 4. The molecule has 0 aromatic rings. The first-order valence-corrected chi connectivity index (χ1v) is 11.2. The van der Waals surface area contributed by atoms with Gasteiger partial charge in [0.1, 0.15) is 11.0 Å². The van der Waals surface area contributed by atoms with Gasteiger partial charge in [0.25, 0.3) is 5.91 Å². The molecule has 0 aromatic heterocycles. The summed E-state index contributed by atoms with van der Waals surface area (Å²) in [6.45, 7) is 13.3. The van der Waals surface area contributed by atoms with Gasteiger partial charge in [0.2, 0.25) is 0 Å². The van der Waals surface area contributed by atoms with Crippen molar-refractivity contribution in [3.8, 4) is 0 Å². The van der Waals surface area contributed by atoms with E-state index in [9.17, 15) is 19.2 Å². The van der Waals surface area contributed by atoms with Crippen molar-refractivity contribution >= 4 is 16.9 Å². The molecule has 1 amide bonds. The Morgan fingerprint density at radius 3 is 2.33 bits per heavy atom. The van der Waals surface area contributed by atoms with Crippen LogP contribution in [0.2, 0.25) is 0 Å². The van der Waals surface area contributed by atoms with Crippen LogP contribution in [-0.2, 0) is 15.8 Å². The molecule has 6 atom stereocenters. The van der Waals surface area contributed by atoms with E-state index in [2.05, 4.69) is 18.2 Å². The Morgan fingerprint density at radius 2 is 1.89 bits per heavy atom. The SMILES string of the molecule is C=C(C)/C=C(\C)C(=O)NS(=O)C(C)C(C)CCCC(C(O)O)C1CCC1C. The first-order chi connectivity index (χ1) is 12.5. The molecule has 6 unspecified atom stereocenters. The number of hydrogen-bond donors (Lipinski definition) is 3. The minimum absolute atomic E-state index is 0.0728.